The Kier molecular flexibility index (Phi) is 6.16. The molecule has 0 saturated heterocycles. The minimum Gasteiger partial charge on any atom is -0.343 e. The molecule has 0 aliphatic heterocycles. The zero-order valence-electron chi connectivity index (χ0n) is 13.3. The Balaban J connectivity index is 4.93. The monoisotopic (exact) mass is 267 g/mol. The molecular weight excluding hydrogens is 238 g/mol. The summed E-state index contributed by atoms with van der Waals surface area (Å²) in [5, 5.41) is 3.21. The maximum Gasteiger partial charge on any atom is 0.217 e. The molecule has 1 amide bonds. The van der Waals surface area contributed by atoms with Crippen molar-refractivity contribution >= 4 is 14.0 Å². The molecule has 0 rings (SSSR count). The summed E-state index contributed by atoms with van der Waals surface area (Å²) in [4.78, 5) is 11.2. The lowest BCUT2D eigenvalue weighted by atomic mass is 10.0. The summed E-state index contributed by atoms with van der Waals surface area (Å²) in [6, 6.07) is -0.00313. The molecule has 0 spiro atoms. The van der Waals surface area contributed by atoms with Crippen LogP contribution in [-0.2, 0) is 4.79 Å². The Bertz CT molecular complexity index is 342. The molecule has 0 bridgehead atoms. The quantitative estimate of drug-likeness (QED) is 0.614. The van der Waals surface area contributed by atoms with Gasteiger partial charge in [-0.05, 0) is 17.4 Å². The molecule has 3 heteroatoms. The van der Waals surface area contributed by atoms with Crippen LogP contribution in [0.2, 0.25) is 18.1 Å². The maximum absolute atomic E-state index is 11.2. The number of amides is 1. The summed E-state index contributed by atoms with van der Waals surface area (Å²) < 4.78 is 0. The number of hydrogen-bond acceptors (Lipinski definition) is 1. The zero-order chi connectivity index (χ0) is 14.6. The third kappa shape index (κ3) is 6.25. The Morgan fingerprint density at radius 2 is 1.78 bits per heavy atom. The van der Waals surface area contributed by atoms with Crippen molar-refractivity contribution in [2.75, 3.05) is 0 Å². The van der Waals surface area contributed by atoms with E-state index in [1.54, 1.807) is 6.92 Å². The van der Waals surface area contributed by atoms with Crippen LogP contribution in [0.5, 0.6) is 0 Å². The molecule has 0 fully saturated rings. The highest BCUT2D eigenvalue weighted by atomic mass is 28.3. The van der Waals surface area contributed by atoms with Crippen molar-refractivity contribution in [3.05, 3.63) is 0 Å². The van der Waals surface area contributed by atoms with E-state index < -0.39 is 8.07 Å². The van der Waals surface area contributed by atoms with E-state index in [-0.39, 0.29) is 17.0 Å². The SMILES string of the molecule is CC(=O)N[C@H](C#C[Si](C)(C)C(C)(C)C)CC(C)C. The molecule has 0 aliphatic carbocycles. The van der Waals surface area contributed by atoms with Crippen LogP contribution in [-0.4, -0.2) is 20.0 Å². The first kappa shape index (κ1) is 17.2. The highest BCUT2D eigenvalue weighted by Crippen LogP contribution is 2.35. The van der Waals surface area contributed by atoms with E-state index in [0.29, 0.717) is 5.92 Å². The van der Waals surface area contributed by atoms with E-state index in [2.05, 4.69) is 64.5 Å². The van der Waals surface area contributed by atoms with E-state index in [1.165, 1.54) is 0 Å². The first-order chi connectivity index (χ1) is 7.95. The number of carbonyl (C=O) groups excluding carboxylic acids is 1. The summed E-state index contributed by atoms with van der Waals surface area (Å²) in [6.07, 6.45) is 0.918. The van der Waals surface area contributed by atoms with Crippen LogP contribution in [0.1, 0.15) is 48.0 Å². The first-order valence-corrected chi connectivity index (χ1v) is 9.75. The molecule has 0 radical (unpaired) electrons. The van der Waals surface area contributed by atoms with Crippen LogP contribution in [0, 0.1) is 17.4 Å². The second kappa shape index (κ2) is 6.42. The van der Waals surface area contributed by atoms with Gasteiger partial charge >= 0.3 is 0 Å². The van der Waals surface area contributed by atoms with Gasteiger partial charge < -0.3 is 5.32 Å². The number of hydrogen-bond donors (Lipinski definition) is 1. The minimum absolute atomic E-state index is 0.00313. The van der Waals surface area contributed by atoms with Crippen molar-refractivity contribution in [1.82, 2.24) is 5.32 Å². The lowest BCUT2D eigenvalue weighted by Gasteiger charge is -2.31. The van der Waals surface area contributed by atoms with Crippen molar-refractivity contribution in [2.24, 2.45) is 5.92 Å². The van der Waals surface area contributed by atoms with Crippen molar-refractivity contribution in [2.45, 2.75) is 72.1 Å². The smallest absolute Gasteiger partial charge is 0.217 e. The molecule has 0 saturated carbocycles. The standard InChI is InChI=1S/C15H29NOSi/c1-12(2)11-14(16-13(3)17)9-10-18(7,8)15(4,5)6/h12,14H,11H2,1-8H3,(H,16,17)/t14-/m1/s1. The van der Waals surface area contributed by atoms with E-state index in [4.69, 9.17) is 0 Å². The summed E-state index contributed by atoms with van der Waals surface area (Å²) in [5.41, 5.74) is 3.48. The topological polar surface area (TPSA) is 29.1 Å². The normalized spacial score (nSPS) is 13.8. The van der Waals surface area contributed by atoms with Crippen LogP contribution in [0.15, 0.2) is 0 Å². The van der Waals surface area contributed by atoms with Gasteiger partial charge in [0.2, 0.25) is 5.91 Å². The molecule has 0 unspecified atom stereocenters. The highest BCUT2D eigenvalue weighted by molar-refractivity contribution is 6.87. The van der Waals surface area contributed by atoms with Crippen LogP contribution >= 0.6 is 0 Å². The van der Waals surface area contributed by atoms with Crippen molar-refractivity contribution < 1.29 is 4.79 Å². The van der Waals surface area contributed by atoms with Gasteiger partial charge in [-0.1, -0.05) is 53.6 Å². The van der Waals surface area contributed by atoms with Gasteiger partial charge in [0.15, 0.2) is 0 Å². The molecule has 1 N–H and O–H groups in total. The highest BCUT2D eigenvalue weighted by Gasteiger charge is 2.33. The Labute approximate surface area is 114 Å². The molecule has 104 valence electrons. The first-order valence-electron chi connectivity index (χ1n) is 6.75. The minimum atomic E-state index is -1.58. The summed E-state index contributed by atoms with van der Waals surface area (Å²) in [5.74, 6) is 3.85. The fourth-order valence-corrected chi connectivity index (χ4v) is 2.24. The predicted octanol–water partition coefficient (Wildman–Crippen LogP) is 3.59. The van der Waals surface area contributed by atoms with Gasteiger partial charge in [0.25, 0.3) is 0 Å². The molecular formula is C15H29NOSi. The third-order valence-corrected chi connectivity index (χ3v) is 8.04. The molecule has 1 atom stereocenters. The van der Waals surface area contributed by atoms with Gasteiger partial charge in [-0.15, -0.1) is 5.54 Å². The van der Waals surface area contributed by atoms with Crippen LogP contribution < -0.4 is 5.32 Å². The Morgan fingerprint density at radius 1 is 1.28 bits per heavy atom. The molecule has 0 heterocycles. The van der Waals surface area contributed by atoms with E-state index >= 15 is 0 Å². The number of carbonyl (C=O) groups is 1. The van der Waals surface area contributed by atoms with Gasteiger partial charge in [-0.25, -0.2) is 0 Å². The summed E-state index contributed by atoms with van der Waals surface area (Å²) in [7, 11) is -1.58. The van der Waals surface area contributed by atoms with E-state index in [9.17, 15) is 4.79 Å². The van der Waals surface area contributed by atoms with Crippen LogP contribution in [0.3, 0.4) is 0 Å². The molecule has 0 aliphatic rings. The number of rotatable bonds is 3. The fourth-order valence-electron chi connectivity index (χ4n) is 1.33. The Morgan fingerprint density at radius 3 is 2.11 bits per heavy atom. The largest absolute Gasteiger partial charge is 0.343 e. The van der Waals surface area contributed by atoms with Crippen molar-refractivity contribution in [3.63, 3.8) is 0 Å². The fraction of sp³-hybridized carbons (Fsp3) is 0.800. The van der Waals surface area contributed by atoms with Gasteiger partial charge in [-0.3, -0.25) is 4.79 Å². The third-order valence-electron chi connectivity index (χ3n) is 3.52. The van der Waals surface area contributed by atoms with E-state index in [0.717, 1.165) is 6.42 Å². The number of nitrogens with one attached hydrogen (secondary N) is 1. The molecule has 0 aromatic heterocycles. The maximum atomic E-state index is 11.2. The van der Waals surface area contributed by atoms with Gasteiger partial charge in [0.05, 0.1) is 6.04 Å². The summed E-state index contributed by atoms with van der Waals surface area (Å²) >= 11 is 0. The zero-order valence-corrected chi connectivity index (χ0v) is 14.3. The average molecular weight is 267 g/mol. The molecule has 0 aromatic carbocycles. The molecule has 18 heavy (non-hydrogen) atoms. The predicted molar refractivity (Wildman–Crippen MR) is 82.0 cm³/mol. The second-order valence-electron chi connectivity index (χ2n) is 7.03. The van der Waals surface area contributed by atoms with E-state index in [1.807, 2.05) is 0 Å². The molecule has 2 nitrogen and oxygen atoms in total. The lowest BCUT2D eigenvalue weighted by Crippen LogP contribution is -2.38. The summed E-state index contributed by atoms with van der Waals surface area (Å²) in [6.45, 7) is 17.2. The van der Waals surface area contributed by atoms with Crippen LogP contribution in [0.4, 0.5) is 0 Å². The average Bonchev–Trinajstić information content (AvgIpc) is 2.10. The van der Waals surface area contributed by atoms with Gasteiger partial charge in [0, 0.05) is 6.92 Å². The van der Waals surface area contributed by atoms with Gasteiger partial charge in [-0.2, -0.15) is 0 Å². The second-order valence-corrected chi connectivity index (χ2v) is 12.0. The van der Waals surface area contributed by atoms with Gasteiger partial charge in [0.1, 0.15) is 8.07 Å². The van der Waals surface area contributed by atoms with Crippen molar-refractivity contribution in [3.8, 4) is 11.5 Å². The van der Waals surface area contributed by atoms with Crippen LogP contribution in [0.25, 0.3) is 0 Å². The Hall–Kier alpha value is -0.753. The van der Waals surface area contributed by atoms with Crippen molar-refractivity contribution in [1.29, 1.82) is 0 Å². The lowest BCUT2D eigenvalue weighted by molar-refractivity contribution is -0.119. The molecule has 0 aromatic rings.